The number of rotatable bonds is 1. The van der Waals surface area contributed by atoms with Crippen LogP contribution < -0.4 is 10.5 Å². The van der Waals surface area contributed by atoms with Crippen molar-refractivity contribution in [3.05, 3.63) is 36.0 Å². The molecule has 0 bridgehead atoms. The molecule has 0 amide bonds. The Morgan fingerprint density at radius 3 is 3.00 bits per heavy atom. The Hall–Kier alpha value is -1.40. The van der Waals surface area contributed by atoms with Gasteiger partial charge < -0.3 is 5.73 Å². The molecule has 5 nitrogen and oxygen atoms in total. The van der Waals surface area contributed by atoms with Crippen molar-refractivity contribution < 1.29 is 8.42 Å². The fraction of sp³-hybridized carbons (Fsp3) is 0.300. The van der Waals surface area contributed by atoms with Crippen molar-refractivity contribution in [1.82, 2.24) is 4.72 Å². The zero-order valence-corrected chi connectivity index (χ0v) is 9.61. The van der Waals surface area contributed by atoms with Crippen molar-refractivity contribution in [3.63, 3.8) is 0 Å². The van der Waals surface area contributed by atoms with Gasteiger partial charge in [0.25, 0.3) is 0 Å². The van der Waals surface area contributed by atoms with Crippen LogP contribution in [-0.4, -0.2) is 20.3 Å². The molecule has 0 saturated heterocycles. The predicted octanol–water partition coefficient (Wildman–Crippen LogP) is 0.249. The maximum Gasteiger partial charge on any atom is 0.322 e. The first-order chi connectivity index (χ1) is 7.52. The van der Waals surface area contributed by atoms with Crippen molar-refractivity contribution >= 4 is 16.0 Å². The van der Waals surface area contributed by atoms with Crippen molar-refractivity contribution in [2.24, 2.45) is 16.0 Å². The van der Waals surface area contributed by atoms with Crippen LogP contribution >= 0.6 is 0 Å². The number of hydrogen-bond donors (Lipinski definition) is 2. The number of nitrogens with zero attached hydrogens (tertiary/aromatic N) is 1. The number of nitrogens with one attached hydrogen (secondary N) is 1. The molecule has 0 aromatic carbocycles. The highest BCUT2D eigenvalue weighted by Gasteiger charge is 2.32. The highest BCUT2D eigenvalue weighted by Crippen LogP contribution is 2.22. The molecule has 0 spiro atoms. The second-order valence-corrected chi connectivity index (χ2v) is 5.05. The molecule has 0 radical (unpaired) electrons. The molecule has 0 saturated carbocycles. The van der Waals surface area contributed by atoms with Gasteiger partial charge >= 0.3 is 10.2 Å². The molecule has 1 aliphatic heterocycles. The van der Waals surface area contributed by atoms with Gasteiger partial charge in [-0.1, -0.05) is 30.4 Å². The number of amidine groups is 1. The van der Waals surface area contributed by atoms with E-state index in [9.17, 15) is 8.42 Å². The van der Waals surface area contributed by atoms with Crippen molar-refractivity contribution in [1.29, 1.82) is 0 Å². The largest absolute Gasteiger partial charge is 0.386 e. The smallest absolute Gasteiger partial charge is 0.322 e. The molecular weight excluding hydrogens is 226 g/mol. The summed E-state index contributed by atoms with van der Waals surface area (Å²) in [7, 11) is -3.62. The van der Waals surface area contributed by atoms with Gasteiger partial charge in [-0.2, -0.15) is 13.1 Å². The molecule has 3 N–H and O–H groups in total. The molecule has 2 rings (SSSR count). The Labute approximate surface area is 94.6 Å². The van der Waals surface area contributed by atoms with E-state index >= 15 is 0 Å². The van der Waals surface area contributed by atoms with Gasteiger partial charge in [0.05, 0.1) is 12.0 Å². The third-order valence-electron chi connectivity index (χ3n) is 2.47. The summed E-state index contributed by atoms with van der Waals surface area (Å²) in [6.45, 7) is 1.92. The highest BCUT2D eigenvalue weighted by molar-refractivity contribution is 7.88. The molecule has 0 aromatic heterocycles. The summed E-state index contributed by atoms with van der Waals surface area (Å²) in [6.07, 6.45) is 9.41. The Kier molecular flexibility index (Phi) is 2.69. The highest BCUT2D eigenvalue weighted by atomic mass is 32.2. The van der Waals surface area contributed by atoms with Crippen LogP contribution in [0.4, 0.5) is 0 Å². The van der Waals surface area contributed by atoms with Crippen LogP contribution in [0.5, 0.6) is 0 Å². The number of allylic oxidation sites excluding steroid dienone is 4. The van der Waals surface area contributed by atoms with Crippen LogP contribution in [0.2, 0.25) is 0 Å². The minimum absolute atomic E-state index is 0.134. The van der Waals surface area contributed by atoms with Crippen molar-refractivity contribution in [2.75, 3.05) is 0 Å². The molecule has 0 fully saturated rings. The van der Waals surface area contributed by atoms with Crippen LogP contribution in [0.1, 0.15) is 6.92 Å². The lowest BCUT2D eigenvalue weighted by Crippen LogP contribution is -2.48. The van der Waals surface area contributed by atoms with Gasteiger partial charge in [0, 0.05) is 0 Å². The topological polar surface area (TPSA) is 84.5 Å². The summed E-state index contributed by atoms with van der Waals surface area (Å²) < 4.78 is 28.4. The van der Waals surface area contributed by atoms with Gasteiger partial charge in [0.1, 0.15) is 5.84 Å². The van der Waals surface area contributed by atoms with Crippen LogP contribution in [0.25, 0.3) is 0 Å². The first-order valence-corrected chi connectivity index (χ1v) is 6.36. The normalized spacial score (nSPS) is 32.1. The van der Waals surface area contributed by atoms with E-state index in [1.54, 1.807) is 6.08 Å². The Bertz CT molecular complexity index is 514. The molecule has 1 heterocycles. The van der Waals surface area contributed by atoms with Gasteiger partial charge in [0.2, 0.25) is 0 Å². The van der Waals surface area contributed by atoms with E-state index in [1.165, 1.54) is 0 Å². The first kappa shape index (κ1) is 11.1. The average molecular weight is 239 g/mol. The number of fused-ring (bicyclic) bond motifs is 1. The Morgan fingerprint density at radius 1 is 1.56 bits per heavy atom. The molecule has 2 aliphatic rings. The minimum Gasteiger partial charge on any atom is -0.386 e. The SMILES string of the molecule is C/C=C/C1=CC2C(N)=NS(=O)(=O)NC2C=C1. The van der Waals surface area contributed by atoms with E-state index < -0.39 is 10.2 Å². The van der Waals surface area contributed by atoms with E-state index in [1.807, 2.05) is 31.2 Å². The average Bonchev–Trinajstić information content (AvgIpc) is 2.18. The Balaban J connectivity index is 2.38. The maximum absolute atomic E-state index is 11.3. The molecule has 16 heavy (non-hydrogen) atoms. The molecule has 86 valence electrons. The van der Waals surface area contributed by atoms with Gasteiger partial charge in [-0.3, -0.25) is 0 Å². The summed E-state index contributed by atoms with van der Waals surface area (Å²) >= 11 is 0. The second kappa shape index (κ2) is 3.88. The van der Waals surface area contributed by atoms with Gasteiger partial charge in [0.15, 0.2) is 0 Å². The monoisotopic (exact) mass is 239 g/mol. The standard InChI is InChI=1S/C10H13N3O2S/c1-2-3-7-4-5-9-8(6-7)10(11)13-16(14,15)12-9/h2-6,8-9,12H,1H3,(H2,11,13)/b3-2+. The van der Waals surface area contributed by atoms with Crippen LogP contribution in [-0.2, 0) is 10.2 Å². The lowest BCUT2D eigenvalue weighted by atomic mass is 9.91. The third kappa shape index (κ3) is 2.07. The number of hydrogen-bond acceptors (Lipinski definition) is 3. The fourth-order valence-electron chi connectivity index (χ4n) is 1.78. The summed E-state index contributed by atoms with van der Waals surface area (Å²) in [5.41, 5.74) is 6.65. The van der Waals surface area contributed by atoms with Crippen molar-refractivity contribution in [2.45, 2.75) is 13.0 Å². The van der Waals surface area contributed by atoms with E-state index in [0.717, 1.165) is 5.57 Å². The summed E-state index contributed by atoms with van der Waals surface area (Å²) in [6, 6.07) is -0.323. The molecule has 2 atom stereocenters. The summed E-state index contributed by atoms with van der Waals surface area (Å²) in [5.74, 6) is -0.0603. The van der Waals surface area contributed by atoms with Gasteiger partial charge in [-0.25, -0.2) is 0 Å². The van der Waals surface area contributed by atoms with Crippen LogP contribution in [0, 0.1) is 5.92 Å². The number of nitrogens with two attached hydrogens (primary N) is 1. The maximum atomic E-state index is 11.3. The van der Waals surface area contributed by atoms with Crippen molar-refractivity contribution in [3.8, 4) is 0 Å². The van der Waals surface area contributed by atoms with E-state index in [0.29, 0.717) is 0 Å². The summed E-state index contributed by atoms with van der Waals surface area (Å²) in [5, 5.41) is 0. The summed E-state index contributed by atoms with van der Waals surface area (Å²) in [4.78, 5) is 0. The molecule has 1 aliphatic carbocycles. The zero-order valence-electron chi connectivity index (χ0n) is 8.79. The third-order valence-corrected chi connectivity index (χ3v) is 3.49. The van der Waals surface area contributed by atoms with Gasteiger partial charge in [-0.05, 0) is 12.5 Å². The fourth-order valence-corrected chi connectivity index (χ4v) is 2.81. The van der Waals surface area contributed by atoms with Crippen LogP contribution in [0.15, 0.2) is 40.4 Å². The van der Waals surface area contributed by atoms with Crippen LogP contribution in [0.3, 0.4) is 0 Å². The zero-order chi connectivity index (χ0) is 11.8. The lowest BCUT2D eigenvalue weighted by molar-refractivity contribution is 0.550. The van der Waals surface area contributed by atoms with E-state index in [4.69, 9.17) is 5.73 Å². The predicted molar refractivity (Wildman–Crippen MR) is 63.0 cm³/mol. The second-order valence-electron chi connectivity index (χ2n) is 3.69. The molecular formula is C10H13N3O2S. The first-order valence-electron chi connectivity index (χ1n) is 4.92. The minimum atomic E-state index is -3.62. The van der Waals surface area contributed by atoms with Gasteiger partial charge in [-0.15, -0.1) is 4.40 Å². The van der Waals surface area contributed by atoms with E-state index in [-0.39, 0.29) is 17.8 Å². The molecule has 6 heteroatoms. The Morgan fingerprint density at radius 2 is 2.31 bits per heavy atom. The van der Waals surface area contributed by atoms with E-state index in [2.05, 4.69) is 9.12 Å². The molecule has 0 aromatic rings. The quantitative estimate of drug-likeness (QED) is 0.688. The lowest BCUT2D eigenvalue weighted by Gasteiger charge is -2.28. The molecule has 2 unspecified atom stereocenters.